The van der Waals surface area contributed by atoms with E-state index < -0.39 is 32.9 Å². The number of hydrazone groups is 1. The van der Waals surface area contributed by atoms with Crippen molar-refractivity contribution in [2.24, 2.45) is 5.10 Å². The first-order chi connectivity index (χ1) is 11.3. The van der Waals surface area contributed by atoms with Gasteiger partial charge < -0.3 is 9.52 Å². The fourth-order valence-corrected chi connectivity index (χ4v) is 1.81. The van der Waals surface area contributed by atoms with E-state index in [0.717, 1.165) is 12.3 Å². The molecule has 0 atom stereocenters. The molecule has 0 spiro atoms. The number of nitrogens with zero attached hydrogens (tertiary/aromatic N) is 3. The Morgan fingerprint density at radius 1 is 1.33 bits per heavy atom. The zero-order valence-corrected chi connectivity index (χ0v) is 12.1. The van der Waals surface area contributed by atoms with Crippen LogP contribution in [-0.4, -0.2) is 27.1 Å². The minimum absolute atomic E-state index is 0.224. The van der Waals surface area contributed by atoms with Crippen LogP contribution in [0.15, 0.2) is 34.0 Å². The van der Waals surface area contributed by atoms with Crippen molar-refractivity contribution in [1.82, 2.24) is 5.43 Å². The number of benzene rings is 1. The molecule has 11 heteroatoms. The highest BCUT2D eigenvalue weighted by Crippen LogP contribution is 2.33. The first kappa shape index (κ1) is 16.6. The highest BCUT2D eigenvalue weighted by Gasteiger charge is 2.23. The molecule has 0 unspecified atom stereocenters. The Hall–Kier alpha value is -3.76. The van der Waals surface area contributed by atoms with E-state index in [1.54, 1.807) is 6.92 Å². The molecule has 1 aromatic heterocycles. The van der Waals surface area contributed by atoms with Crippen LogP contribution in [0.3, 0.4) is 0 Å². The van der Waals surface area contributed by atoms with Crippen molar-refractivity contribution < 1.29 is 24.2 Å². The number of aromatic hydroxyl groups is 1. The van der Waals surface area contributed by atoms with Gasteiger partial charge in [0.15, 0.2) is 0 Å². The molecular formula is C13H10N4O7. The van der Waals surface area contributed by atoms with Crippen molar-refractivity contribution in [3.63, 3.8) is 0 Å². The number of aryl methyl sites for hydroxylation is 1. The van der Waals surface area contributed by atoms with E-state index >= 15 is 0 Å². The molecule has 0 aliphatic rings. The smallest absolute Gasteiger partial charge is 0.318 e. The van der Waals surface area contributed by atoms with Gasteiger partial charge in [-0.15, -0.1) is 0 Å². The standard InChI is InChI=1S/C13H10N4O7/c1-7-10(2-3-24-7)13(19)15-14-6-8-4-9(16(20)21)5-11(12(8)18)17(22)23/h2-6,18H,1H3,(H,15,19)/b14-6+. The van der Waals surface area contributed by atoms with E-state index in [-0.39, 0.29) is 11.1 Å². The summed E-state index contributed by atoms with van der Waals surface area (Å²) in [6.45, 7) is 1.56. The summed E-state index contributed by atoms with van der Waals surface area (Å²) in [5.41, 5.74) is 0.607. The van der Waals surface area contributed by atoms with Gasteiger partial charge in [-0.1, -0.05) is 0 Å². The number of nitro benzene ring substituents is 2. The number of carbonyl (C=O) groups is 1. The van der Waals surface area contributed by atoms with Gasteiger partial charge in [-0.3, -0.25) is 25.0 Å². The third kappa shape index (κ3) is 3.35. The Morgan fingerprint density at radius 2 is 2.04 bits per heavy atom. The molecule has 2 N–H and O–H groups in total. The monoisotopic (exact) mass is 334 g/mol. The zero-order chi connectivity index (χ0) is 17.9. The number of nitrogens with one attached hydrogen (secondary N) is 1. The molecule has 2 rings (SSSR count). The SMILES string of the molecule is Cc1occc1C(=O)N/N=C/c1cc([N+](=O)[O-])cc([N+](=O)[O-])c1O. The number of rotatable bonds is 5. The molecule has 0 radical (unpaired) electrons. The maximum atomic E-state index is 11.8. The lowest BCUT2D eigenvalue weighted by Crippen LogP contribution is -2.17. The van der Waals surface area contributed by atoms with Crippen LogP contribution in [0.4, 0.5) is 11.4 Å². The van der Waals surface area contributed by atoms with Crippen LogP contribution in [0.2, 0.25) is 0 Å². The van der Waals surface area contributed by atoms with Crippen LogP contribution in [0.1, 0.15) is 21.7 Å². The van der Waals surface area contributed by atoms with Crippen molar-refractivity contribution in [2.75, 3.05) is 0 Å². The molecule has 1 amide bonds. The number of hydrogen-bond acceptors (Lipinski definition) is 8. The number of phenols is 1. The summed E-state index contributed by atoms with van der Waals surface area (Å²) in [6.07, 6.45) is 2.17. The number of furan rings is 1. The molecule has 0 fully saturated rings. The van der Waals surface area contributed by atoms with Gasteiger partial charge in [-0.2, -0.15) is 5.10 Å². The summed E-state index contributed by atoms with van der Waals surface area (Å²) < 4.78 is 4.95. The molecule has 0 saturated carbocycles. The molecular weight excluding hydrogens is 324 g/mol. The largest absolute Gasteiger partial charge is 0.502 e. The van der Waals surface area contributed by atoms with Gasteiger partial charge in [0.2, 0.25) is 5.75 Å². The van der Waals surface area contributed by atoms with Crippen molar-refractivity contribution in [3.05, 3.63) is 61.6 Å². The van der Waals surface area contributed by atoms with Crippen LogP contribution < -0.4 is 5.43 Å². The average Bonchev–Trinajstić information content (AvgIpc) is 2.94. The van der Waals surface area contributed by atoms with Crippen molar-refractivity contribution in [2.45, 2.75) is 6.92 Å². The Balaban J connectivity index is 2.28. The van der Waals surface area contributed by atoms with Crippen molar-refractivity contribution in [1.29, 1.82) is 0 Å². The molecule has 0 aliphatic heterocycles. The summed E-state index contributed by atoms with van der Waals surface area (Å²) in [5, 5.41) is 34.9. The first-order valence-electron chi connectivity index (χ1n) is 6.34. The van der Waals surface area contributed by atoms with E-state index in [1.165, 1.54) is 12.3 Å². The molecule has 124 valence electrons. The molecule has 2 aromatic rings. The minimum atomic E-state index is -0.965. The fraction of sp³-hybridized carbons (Fsp3) is 0.0769. The van der Waals surface area contributed by atoms with E-state index in [4.69, 9.17) is 4.42 Å². The Morgan fingerprint density at radius 3 is 2.58 bits per heavy atom. The lowest BCUT2D eigenvalue weighted by atomic mass is 10.1. The topological polar surface area (TPSA) is 161 Å². The molecule has 24 heavy (non-hydrogen) atoms. The van der Waals surface area contributed by atoms with Crippen LogP contribution in [-0.2, 0) is 0 Å². The Bertz CT molecular complexity index is 856. The summed E-state index contributed by atoms with van der Waals surface area (Å²) in [7, 11) is 0. The summed E-state index contributed by atoms with van der Waals surface area (Å²) >= 11 is 0. The molecule has 1 heterocycles. The second kappa shape index (κ2) is 6.56. The van der Waals surface area contributed by atoms with Gasteiger partial charge >= 0.3 is 5.69 Å². The summed E-state index contributed by atoms with van der Waals surface area (Å²) in [5.74, 6) is -1.06. The highest BCUT2D eigenvalue weighted by molar-refractivity contribution is 5.96. The predicted molar refractivity (Wildman–Crippen MR) is 79.9 cm³/mol. The van der Waals surface area contributed by atoms with Gasteiger partial charge in [0.1, 0.15) is 5.76 Å². The molecule has 0 saturated heterocycles. The van der Waals surface area contributed by atoms with Gasteiger partial charge in [-0.25, -0.2) is 5.43 Å². The first-order valence-corrected chi connectivity index (χ1v) is 6.34. The number of non-ortho nitro benzene ring substituents is 1. The highest BCUT2D eigenvalue weighted by atomic mass is 16.6. The van der Waals surface area contributed by atoms with Crippen molar-refractivity contribution >= 4 is 23.5 Å². The third-order valence-electron chi connectivity index (χ3n) is 2.98. The van der Waals surface area contributed by atoms with Crippen LogP contribution in [0.5, 0.6) is 5.75 Å². The van der Waals surface area contributed by atoms with Crippen LogP contribution in [0, 0.1) is 27.2 Å². The quantitative estimate of drug-likeness (QED) is 0.479. The van der Waals surface area contributed by atoms with Crippen molar-refractivity contribution in [3.8, 4) is 5.75 Å². The van der Waals surface area contributed by atoms with E-state index in [9.17, 15) is 30.1 Å². The number of amides is 1. The Kier molecular flexibility index (Phi) is 4.54. The second-order valence-electron chi connectivity index (χ2n) is 4.51. The van der Waals surface area contributed by atoms with Crippen LogP contribution in [0.25, 0.3) is 0 Å². The second-order valence-corrected chi connectivity index (χ2v) is 4.51. The maximum absolute atomic E-state index is 11.8. The number of hydrogen-bond donors (Lipinski definition) is 2. The third-order valence-corrected chi connectivity index (χ3v) is 2.98. The molecule has 1 aromatic carbocycles. The van der Waals surface area contributed by atoms with E-state index in [1.807, 2.05) is 0 Å². The summed E-state index contributed by atoms with van der Waals surface area (Å²) in [4.78, 5) is 31.6. The predicted octanol–water partition coefficient (Wildman–Crippen LogP) is 1.87. The number of carbonyl (C=O) groups excluding carboxylic acids is 1. The normalized spacial score (nSPS) is 10.7. The van der Waals surface area contributed by atoms with Gasteiger partial charge in [-0.05, 0) is 13.0 Å². The average molecular weight is 334 g/mol. The maximum Gasteiger partial charge on any atom is 0.318 e. The van der Waals surface area contributed by atoms with Gasteiger partial charge in [0, 0.05) is 6.07 Å². The molecule has 11 nitrogen and oxygen atoms in total. The lowest BCUT2D eigenvalue weighted by molar-refractivity contribution is -0.394. The lowest BCUT2D eigenvalue weighted by Gasteiger charge is -2.01. The number of phenolic OH excluding ortho intramolecular Hbond substituents is 1. The Labute approximate surface area is 133 Å². The van der Waals surface area contributed by atoms with E-state index in [2.05, 4.69) is 10.5 Å². The van der Waals surface area contributed by atoms with Gasteiger partial charge in [0.05, 0.1) is 39.5 Å². The molecule has 0 aliphatic carbocycles. The van der Waals surface area contributed by atoms with Gasteiger partial charge in [0.25, 0.3) is 11.6 Å². The zero-order valence-electron chi connectivity index (χ0n) is 12.1. The van der Waals surface area contributed by atoms with Crippen LogP contribution >= 0.6 is 0 Å². The van der Waals surface area contributed by atoms with E-state index in [0.29, 0.717) is 11.8 Å². The summed E-state index contributed by atoms with van der Waals surface area (Å²) in [6, 6.07) is 2.93. The fourth-order valence-electron chi connectivity index (χ4n) is 1.81. The minimum Gasteiger partial charge on any atom is -0.502 e. The molecule has 0 bridgehead atoms. The number of nitro groups is 2.